The summed E-state index contributed by atoms with van der Waals surface area (Å²) in [6.07, 6.45) is 0. The summed E-state index contributed by atoms with van der Waals surface area (Å²) >= 11 is 11.4. The van der Waals surface area contributed by atoms with Crippen molar-refractivity contribution in [3.8, 4) is 11.6 Å². The minimum atomic E-state index is -0.542. The second-order valence-electron chi connectivity index (χ2n) is 3.97. The van der Waals surface area contributed by atoms with Gasteiger partial charge in [-0.05, 0) is 36.6 Å². The molecule has 2 aromatic rings. The van der Waals surface area contributed by atoms with Crippen molar-refractivity contribution in [2.45, 2.75) is 13.8 Å². The fourth-order valence-electron chi connectivity index (χ4n) is 1.64. The molecule has 0 unspecified atom stereocenters. The second kappa shape index (κ2) is 5.56. The number of halogens is 2. The Morgan fingerprint density at radius 2 is 1.95 bits per heavy atom. The van der Waals surface area contributed by atoms with Crippen LogP contribution in [0.1, 0.15) is 11.1 Å². The molecule has 20 heavy (non-hydrogen) atoms. The molecular formula is C11H8Cl2N4O3. The second-order valence-corrected chi connectivity index (χ2v) is 4.66. The first-order chi connectivity index (χ1) is 9.38. The maximum absolute atomic E-state index is 11.1. The molecule has 0 aliphatic carbocycles. The molecule has 9 heteroatoms. The topological polar surface area (TPSA) is 91.0 Å². The Balaban J connectivity index is 2.53. The average molecular weight is 315 g/mol. The van der Waals surface area contributed by atoms with Crippen molar-refractivity contribution in [2.24, 2.45) is 0 Å². The monoisotopic (exact) mass is 314 g/mol. The number of rotatable bonds is 3. The van der Waals surface area contributed by atoms with E-state index in [9.17, 15) is 10.1 Å². The summed E-state index contributed by atoms with van der Waals surface area (Å²) in [5, 5.41) is 17.7. The van der Waals surface area contributed by atoms with E-state index in [2.05, 4.69) is 15.2 Å². The van der Waals surface area contributed by atoms with E-state index in [1.807, 2.05) is 0 Å². The van der Waals surface area contributed by atoms with Crippen LogP contribution in [-0.4, -0.2) is 20.1 Å². The highest BCUT2D eigenvalue weighted by Crippen LogP contribution is 2.36. The van der Waals surface area contributed by atoms with E-state index < -0.39 is 4.92 Å². The molecule has 0 amide bonds. The molecule has 0 spiro atoms. The fraction of sp³-hybridized carbons (Fsp3) is 0.182. The van der Waals surface area contributed by atoms with Crippen LogP contribution in [0.15, 0.2) is 12.1 Å². The molecule has 7 nitrogen and oxygen atoms in total. The zero-order valence-corrected chi connectivity index (χ0v) is 11.9. The Labute approximate surface area is 123 Å². The Kier molecular flexibility index (Phi) is 4.01. The molecule has 0 aliphatic heterocycles. The molecule has 0 saturated heterocycles. The third-order valence-corrected chi connectivity index (χ3v) is 2.78. The fourth-order valence-corrected chi connectivity index (χ4v) is 1.88. The first-order valence-corrected chi connectivity index (χ1v) is 6.13. The molecule has 0 fully saturated rings. The highest BCUT2D eigenvalue weighted by atomic mass is 35.5. The van der Waals surface area contributed by atoms with Crippen molar-refractivity contribution >= 4 is 28.9 Å². The summed E-state index contributed by atoms with van der Waals surface area (Å²) in [5.74, 6) is -0.0965. The van der Waals surface area contributed by atoms with Gasteiger partial charge in [0.1, 0.15) is 0 Å². The lowest BCUT2D eigenvalue weighted by Gasteiger charge is -2.09. The normalized spacial score (nSPS) is 10.4. The molecule has 0 N–H and O–H groups in total. The van der Waals surface area contributed by atoms with E-state index in [0.29, 0.717) is 5.56 Å². The molecule has 2 rings (SSSR count). The number of aryl methyl sites for hydroxylation is 2. The van der Waals surface area contributed by atoms with Crippen LogP contribution in [0.4, 0.5) is 5.69 Å². The van der Waals surface area contributed by atoms with Crippen LogP contribution in [0, 0.1) is 24.0 Å². The SMILES string of the molecule is Cc1cc(C)c(Oc2nc(Cl)nnc2Cl)c([N+](=O)[O-])c1. The van der Waals surface area contributed by atoms with E-state index >= 15 is 0 Å². The third kappa shape index (κ3) is 2.94. The maximum atomic E-state index is 11.1. The number of nitro groups is 1. The number of hydrogen-bond donors (Lipinski definition) is 0. The van der Waals surface area contributed by atoms with Crippen LogP contribution >= 0.6 is 23.2 Å². The minimum absolute atomic E-state index is 0.0408. The molecule has 0 atom stereocenters. The first-order valence-electron chi connectivity index (χ1n) is 5.37. The molecule has 104 valence electrons. The van der Waals surface area contributed by atoms with Gasteiger partial charge in [-0.15, -0.1) is 10.2 Å². The van der Waals surface area contributed by atoms with Gasteiger partial charge in [0.2, 0.25) is 16.2 Å². The van der Waals surface area contributed by atoms with Gasteiger partial charge in [0.25, 0.3) is 5.88 Å². The number of hydrogen-bond acceptors (Lipinski definition) is 6. The zero-order valence-electron chi connectivity index (χ0n) is 10.4. The van der Waals surface area contributed by atoms with Gasteiger partial charge in [0, 0.05) is 6.07 Å². The van der Waals surface area contributed by atoms with Crippen LogP contribution in [0.3, 0.4) is 0 Å². The molecule has 1 aromatic heterocycles. The van der Waals surface area contributed by atoms with Crippen molar-refractivity contribution in [1.29, 1.82) is 0 Å². The lowest BCUT2D eigenvalue weighted by molar-refractivity contribution is -0.385. The number of nitro benzene ring substituents is 1. The van der Waals surface area contributed by atoms with Gasteiger partial charge in [-0.3, -0.25) is 10.1 Å². The first kappa shape index (κ1) is 14.4. The number of ether oxygens (including phenoxy) is 1. The van der Waals surface area contributed by atoms with E-state index in [-0.39, 0.29) is 27.8 Å². The Morgan fingerprint density at radius 1 is 1.25 bits per heavy atom. The van der Waals surface area contributed by atoms with Crippen molar-refractivity contribution in [2.75, 3.05) is 0 Å². The van der Waals surface area contributed by atoms with Crippen LogP contribution in [0.5, 0.6) is 11.6 Å². The Bertz CT molecular complexity index is 694. The van der Waals surface area contributed by atoms with Gasteiger partial charge in [0.05, 0.1) is 4.92 Å². The average Bonchev–Trinajstić information content (AvgIpc) is 2.36. The molecular weight excluding hydrogens is 307 g/mol. The summed E-state index contributed by atoms with van der Waals surface area (Å²) in [5.41, 5.74) is 1.13. The van der Waals surface area contributed by atoms with Gasteiger partial charge < -0.3 is 4.74 Å². The van der Waals surface area contributed by atoms with E-state index in [1.165, 1.54) is 6.07 Å². The van der Waals surface area contributed by atoms with E-state index in [0.717, 1.165) is 5.56 Å². The number of aromatic nitrogens is 3. The highest BCUT2D eigenvalue weighted by molar-refractivity contribution is 6.31. The van der Waals surface area contributed by atoms with Crippen LogP contribution in [0.25, 0.3) is 0 Å². The van der Waals surface area contributed by atoms with E-state index in [1.54, 1.807) is 19.9 Å². The Morgan fingerprint density at radius 3 is 2.60 bits per heavy atom. The molecule has 0 radical (unpaired) electrons. The van der Waals surface area contributed by atoms with Crippen molar-refractivity contribution in [3.63, 3.8) is 0 Å². The third-order valence-electron chi connectivity index (χ3n) is 2.39. The lowest BCUT2D eigenvalue weighted by Crippen LogP contribution is -2.00. The zero-order chi connectivity index (χ0) is 14.9. The maximum Gasteiger partial charge on any atom is 0.312 e. The summed E-state index contributed by atoms with van der Waals surface area (Å²) in [6, 6.07) is 3.14. The van der Waals surface area contributed by atoms with Crippen molar-refractivity contribution in [3.05, 3.63) is 43.8 Å². The molecule has 0 saturated carbocycles. The molecule has 1 heterocycles. The standard InChI is InChI=1S/C11H8Cl2N4O3/c1-5-3-6(2)8(7(4-5)17(18)19)20-10-9(12)15-16-11(13)14-10/h3-4H,1-2H3. The van der Waals surface area contributed by atoms with Gasteiger partial charge in [-0.1, -0.05) is 17.7 Å². The van der Waals surface area contributed by atoms with Crippen molar-refractivity contribution in [1.82, 2.24) is 15.2 Å². The number of benzene rings is 1. The molecule has 0 bridgehead atoms. The van der Waals surface area contributed by atoms with Crippen LogP contribution in [-0.2, 0) is 0 Å². The van der Waals surface area contributed by atoms with Gasteiger partial charge >= 0.3 is 5.69 Å². The minimum Gasteiger partial charge on any atom is -0.429 e. The lowest BCUT2D eigenvalue weighted by atomic mass is 10.1. The predicted molar refractivity (Wildman–Crippen MR) is 72.5 cm³/mol. The van der Waals surface area contributed by atoms with Gasteiger partial charge in [0.15, 0.2) is 0 Å². The smallest absolute Gasteiger partial charge is 0.312 e. The van der Waals surface area contributed by atoms with Crippen LogP contribution in [0.2, 0.25) is 10.4 Å². The molecule has 1 aromatic carbocycles. The predicted octanol–water partition coefficient (Wildman–Crippen LogP) is 3.50. The van der Waals surface area contributed by atoms with Crippen molar-refractivity contribution < 1.29 is 9.66 Å². The molecule has 0 aliphatic rings. The van der Waals surface area contributed by atoms with Gasteiger partial charge in [-0.25, -0.2) is 0 Å². The summed E-state index contributed by atoms with van der Waals surface area (Å²) in [6.45, 7) is 3.43. The number of nitrogens with zero attached hydrogens (tertiary/aromatic N) is 4. The summed E-state index contributed by atoms with van der Waals surface area (Å²) < 4.78 is 5.40. The highest BCUT2D eigenvalue weighted by Gasteiger charge is 2.21. The van der Waals surface area contributed by atoms with Crippen LogP contribution < -0.4 is 4.74 Å². The Hall–Kier alpha value is -1.99. The largest absolute Gasteiger partial charge is 0.429 e. The quantitative estimate of drug-likeness (QED) is 0.636. The van der Waals surface area contributed by atoms with Gasteiger partial charge in [-0.2, -0.15) is 4.98 Å². The summed E-state index contributed by atoms with van der Waals surface area (Å²) in [7, 11) is 0. The van der Waals surface area contributed by atoms with E-state index in [4.69, 9.17) is 27.9 Å². The summed E-state index contributed by atoms with van der Waals surface area (Å²) in [4.78, 5) is 14.3.